The molecule has 0 aliphatic heterocycles. The number of hydrogen-bond donors (Lipinski definition) is 0. The van der Waals surface area contributed by atoms with Gasteiger partial charge >= 0.3 is 0 Å². The van der Waals surface area contributed by atoms with Crippen molar-refractivity contribution in [1.82, 2.24) is 24.1 Å². The molecule has 0 aliphatic carbocycles. The standard InChI is InChI=1S/C54H44N6/c1-53(2,3)39-23-27-48-43(31-39)44-32-40(54(4,5)6)24-28-49(44)60(48)52-57-50(35-17-11-8-12-18-35)56-51(58-52)37-22-25-45(38(29-37)33-55)59-46-20-14-13-19-41(46)42-30-36(21-26-47(42)59)34-15-9-7-10-16-34/h7-32H,1-6H3. The topological polar surface area (TPSA) is 72.3 Å². The largest absolute Gasteiger partial charge is 0.308 e. The first-order valence-corrected chi connectivity index (χ1v) is 20.5. The van der Waals surface area contributed by atoms with Crippen molar-refractivity contribution in [3.8, 4) is 51.6 Å². The van der Waals surface area contributed by atoms with E-state index in [0.29, 0.717) is 23.2 Å². The Morgan fingerprint density at radius 3 is 1.53 bits per heavy atom. The van der Waals surface area contributed by atoms with E-state index in [9.17, 15) is 5.26 Å². The van der Waals surface area contributed by atoms with Crippen LogP contribution in [0.2, 0.25) is 0 Å². The Kier molecular flexibility index (Phi) is 8.55. The number of hydrogen-bond acceptors (Lipinski definition) is 4. The number of fused-ring (bicyclic) bond motifs is 6. The van der Waals surface area contributed by atoms with Crippen molar-refractivity contribution < 1.29 is 0 Å². The van der Waals surface area contributed by atoms with Gasteiger partial charge in [-0.1, -0.05) is 139 Å². The zero-order chi connectivity index (χ0) is 41.3. The Balaban J connectivity index is 1.18. The lowest BCUT2D eigenvalue weighted by Crippen LogP contribution is -2.10. The highest BCUT2D eigenvalue weighted by Crippen LogP contribution is 2.39. The third kappa shape index (κ3) is 6.22. The minimum absolute atomic E-state index is 0.0278. The summed E-state index contributed by atoms with van der Waals surface area (Å²) in [7, 11) is 0. The summed E-state index contributed by atoms with van der Waals surface area (Å²) in [6.45, 7) is 13.5. The van der Waals surface area contributed by atoms with Crippen molar-refractivity contribution in [2.75, 3.05) is 0 Å². The molecule has 0 spiro atoms. The van der Waals surface area contributed by atoms with Crippen molar-refractivity contribution in [2.45, 2.75) is 52.4 Å². The van der Waals surface area contributed by atoms with E-state index >= 15 is 0 Å². The van der Waals surface area contributed by atoms with E-state index in [1.54, 1.807) is 0 Å². The predicted molar refractivity (Wildman–Crippen MR) is 247 cm³/mol. The second-order valence-corrected chi connectivity index (χ2v) is 17.7. The minimum Gasteiger partial charge on any atom is -0.308 e. The van der Waals surface area contributed by atoms with Crippen LogP contribution >= 0.6 is 0 Å². The fraction of sp³-hybridized carbons (Fsp3) is 0.148. The maximum atomic E-state index is 10.8. The van der Waals surface area contributed by atoms with Gasteiger partial charge in [-0.2, -0.15) is 15.2 Å². The first-order chi connectivity index (χ1) is 29.0. The molecule has 0 atom stereocenters. The van der Waals surface area contributed by atoms with E-state index in [-0.39, 0.29) is 10.8 Å². The van der Waals surface area contributed by atoms with Gasteiger partial charge in [-0.25, -0.2) is 4.98 Å². The summed E-state index contributed by atoms with van der Waals surface area (Å²) in [5.41, 5.74) is 11.8. The molecule has 0 unspecified atom stereocenters. The smallest absolute Gasteiger partial charge is 0.238 e. The molecule has 0 saturated carbocycles. The first-order valence-electron chi connectivity index (χ1n) is 20.5. The molecule has 60 heavy (non-hydrogen) atoms. The molecule has 0 saturated heterocycles. The summed E-state index contributed by atoms with van der Waals surface area (Å²) in [6, 6.07) is 57.5. The van der Waals surface area contributed by atoms with Crippen LogP contribution in [-0.2, 0) is 10.8 Å². The third-order valence-corrected chi connectivity index (χ3v) is 11.7. The van der Waals surface area contributed by atoms with Crippen molar-refractivity contribution in [1.29, 1.82) is 5.26 Å². The molecular weight excluding hydrogens is 733 g/mol. The Labute approximate surface area is 350 Å². The number of rotatable bonds is 5. The molecule has 290 valence electrons. The Bertz CT molecular complexity index is 3260. The molecule has 0 radical (unpaired) electrons. The SMILES string of the molecule is CC(C)(C)c1ccc2c(c1)c1cc(C(C)(C)C)ccc1n2-c1nc(-c2ccccc2)nc(-c2ccc(-n3c4ccccc4c4cc(-c5ccccc5)ccc43)c(C#N)c2)n1. The molecule has 0 fully saturated rings. The van der Waals surface area contributed by atoms with Crippen molar-refractivity contribution in [2.24, 2.45) is 0 Å². The number of aromatic nitrogens is 5. The molecular formula is C54H44N6. The zero-order valence-corrected chi connectivity index (χ0v) is 34.7. The molecule has 6 heteroatoms. The van der Waals surface area contributed by atoms with Crippen molar-refractivity contribution in [3.05, 3.63) is 174 Å². The number of nitrogens with zero attached hydrogens (tertiary/aromatic N) is 6. The summed E-state index contributed by atoms with van der Waals surface area (Å²) < 4.78 is 4.37. The van der Waals surface area contributed by atoms with Gasteiger partial charge in [-0.3, -0.25) is 4.57 Å². The molecule has 0 N–H and O–H groups in total. The Morgan fingerprint density at radius 1 is 0.417 bits per heavy atom. The van der Waals surface area contributed by atoms with Gasteiger partial charge in [0.2, 0.25) is 5.95 Å². The maximum absolute atomic E-state index is 10.8. The zero-order valence-electron chi connectivity index (χ0n) is 34.7. The number of nitriles is 1. The van der Waals surface area contributed by atoms with Gasteiger partial charge in [0.05, 0.1) is 33.3 Å². The van der Waals surface area contributed by atoms with Gasteiger partial charge in [0.15, 0.2) is 11.6 Å². The lowest BCUT2D eigenvalue weighted by Gasteiger charge is -2.19. The van der Waals surface area contributed by atoms with Gasteiger partial charge in [0, 0.05) is 32.7 Å². The van der Waals surface area contributed by atoms with Crippen LogP contribution in [0, 0.1) is 11.3 Å². The fourth-order valence-corrected chi connectivity index (χ4v) is 8.48. The quantitative estimate of drug-likeness (QED) is 0.174. The first kappa shape index (κ1) is 36.9. The molecule has 3 aromatic heterocycles. The molecule has 3 heterocycles. The second kappa shape index (κ2) is 13.9. The molecule has 6 nitrogen and oxygen atoms in total. The third-order valence-electron chi connectivity index (χ3n) is 11.7. The average Bonchev–Trinajstić information content (AvgIpc) is 3.78. The van der Waals surface area contributed by atoms with E-state index in [1.807, 2.05) is 54.6 Å². The summed E-state index contributed by atoms with van der Waals surface area (Å²) in [4.78, 5) is 15.5. The molecule has 10 rings (SSSR count). The van der Waals surface area contributed by atoms with Crippen LogP contribution in [0.15, 0.2) is 158 Å². The molecule has 7 aromatic carbocycles. The van der Waals surface area contributed by atoms with Crippen LogP contribution in [0.5, 0.6) is 0 Å². The van der Waals surface area contributed by atoms with Crippen LogP contribution in [0.4, 0.5) is 0 Å². The molecule has 0 aliphatic rings. The van der Waals surface area contributed by atoms with Crippen LogP contribution in [0.1, 0.15) is 58.2 Å². The maximum Gasteiger partial charge on any atom is 0.238 e. The van der Waals surface area contributed by atoms with E-state index in [0.717, 1.165) is 71.6 Å². The van der Waals surface area contributed by atoms with Crippen LogP contribution in [-0.4, -0.2) is 24.1 Å². The van der Waals surface area contributed by atoms with E-state index < -0.39 is 0 Å². The molecule has 0 amide bonds. The van der Waals surface area contributed by atoms with Crippen LogP contribution < -0.4 is 0 Å². The molecule has 10 aromatic rings. The number of benzene rings is 7. The Morgan fingerprint density at radius 2 is 0.917 bits per heavy atom. The van der Waals surface area contributed by atoms with E-state index in [4.69, 9.17) is 15.0 Å². The fourth-order valence-electron chi connectivity index (χ4n) is 8.48. The predicted octanol–water partition coefficient (Wildman–Crippen LogP) is 13.5. The minimum atomic E-state index is -0.0278. The summed E-state index contributed by atoms with van der Waals surface area (Å²) >= 11 is 0. The Hall–Kier alpha value is -7.36. The number of para-hydroxylation sites is 1. The lowest BCUT2D eigenvalue weighted by molar-refractivity contribution is 0.590. The highest BCUT2D eigenvalue weighted by atomic mass is 15.2. The van der Waals surface area contributed by atoms with Crippen molar-refractivity contribution >= 4 is 43.6 Å². The highest BCUT2D eigenvalue weighted by molar-refractivity contribution is 6.11. The highest BCUT2D eigenvalue weighted by Gasteiger charge is 2.24. The van der Waals surface area contributed by atoms with E-state index in [1.165, 1.54) is 11.1 Å². The summed E-state index contributed by atoms with van der Waals surface area (Å²) in [6.07, 6.45) is 0. The van der Waals surface area contributed by atoms with E-state index in [2.05, 4.69) is 160 Å². The van der Waals surface area contributed by atoms with Crippen LogP contribution in [0.3, 0.4) is 0 Å². The molecule has 0 bridgehead atoms. The van der Waals surface area contributed by atoms with Gasteiger partial charge in [-0.15, -0.1) is 0 Å². The van der Waals surface area contributed by atoms with Gasteiger partial charge in [0.1, 0.15) is 6.07 Å². The van der Waals surface area contributed by atoms with Gasteiger partial charge < -0.3 is 4.57 Å². The monoisotopic (exact) mass is 776 g/mol. The van der Waals surface area contributed by atoms with Crippen molar-refractivity contribution in [3.63, 3.8) is 0 Å². The summed E-state index contributed by atoms with van der Waals surface area (Å²) in [5, 5.41) is 15.4. The summed E-state index contributed by atoms with van der Waals surface area (Å²) in [5.74, 6) is 1.57. The average molecular weight is 777 g/mol. The second-order valence-electron chi connectivity index (χ2n) is 17.7. The normalized spacial score (nSPS) is 12.2. The van der Waals surface area contributed by atoms with Gasteiger partial charge in [-0.05, 0) is 93.7 Å². The van der Waals surface area contributed by atoms with Crippen LogP contribution in [0.25, 0.3) is 89.2 Å². The van der Waals surface area contributed by atoms with Gasteiger partial charge in [0.25, 0.3) is 0 Å². The lowest BCUT2D eigenvalue weighted by atomic mass is 9.85.